The van der Waals surface area contributed by atoms with Gasteiger partial charge in [-0.05, 0) is 31.0 Å². The molecule has 0 heterocycles. The summed E-state index contributed by atoms with van der Waals surface area (Å²) in [6.45, 7) is 3.84. The Morgan fingerprint density at radius 1 is 1.32 bits per heavy atom. The van der Waals surface area contributed by atoms with Crippen molar-refractivity contribution in [1.82, 2.24) is 0 Å². The summed E-state index contributed by atoms with van der Waals surface area (Å²) in [7, 11) is 1.51. The summed E-state index contributed by atoms with van der Waals surface area (Å²) < 4.78 is 15.7. The van der Waals surface area contributed by atoms with Crippen LogP contribution in [0, 0.1) is 0 Å². The summed E-state index contributed by atoms with van der Waals surface area (Å²) in [4.78, 5) is 11.7. The number of aliphatic hydroxyl groups excluding tert-OH is 1. The smallest absolute Gasteiger partial charge is 0.347 e. The Labute approximate surface area is 113 Å². The van der Waals surface area contributed by atoms with Crippen molar-refractivity contribution in [3.63, 3.8) is 0 Å². The standard InChI is InChI=1S/C14H20O5/c1-4-11(14(16)18-5-2)19-12-7-6-10(9-15)8-13(12)17-3/h6-8,11,15H,4-5,9H2,1-3H3. The summed E-state index contributed by atoms with van der Waals surface area (Å²) in [6.07, 6.45) is -0.155. The van der Waals surface area contributed by atoms with Gasteiger partial charge in [0.1, 0.15) is 0 Å². The molecule has 1 aromatic rings. The molecular formula is C14H20O5. The number of aliphatic hydroxyl groups is 1. The third-order valence-corrected chi connectivity index (χ3v) is 2.60. The predicted molar refractivity (Wildman–Crippen MR) is 70.3 cm³/mol. The van der Waals surface area contributed by atoms with Gasteiger partial charge < -0.3 is 19.3 Å². The van der Waals surface area contributed by atoms with E-state index in [2.05, 4.69) is 0 Å². The van der Waals surface area contributed by atoms with Crippen molar-refractivity contribution in [3.05, 3.63) is 23.8 Å². The zero-order valence-electron chi connectivity index (χ0n) is 11.5. The molecule has 0 saturated carbocycles. The minimum absolute atomic E-state index is 0.0777. The van der Waals surface area contributed by atoms with Gasteiger partial charge in [0.05, 0.1) is 20.3 Å². The van der Waals surface area contributed by atoms with Crippen LogP contribution in [0.2, 0.25) is 0 Å². The third kappa shape index (κ3) is 4.13. The molecule has 1 rings (SSSR count). The highest BCUT2D eigenvalue weighted by molar-refractivity contribution is 5.75. The molecule has 1 unspecified atom stereocenters. The molecular weight excluding hydrogens is 248 g/mol. The Morgan fingerprint density at radius 3 is 2.58 bits per heavy atom. The maximum Gasteiger partial charge on any atom is 0.347 e. The Morgan fingerprint density at radius 2 is 2.05 bits per heavy atom. The van der Waals surface area contributed by atoms with Gasteiger partial charge in [0.2, 0.25) is 0 Å². The molecule has 0 fully saturated rings. The minimum Gasteiger partial charge on any atom is -0.493 e. The molecule has 5 heteroatoms. The van der Waals surface area contributed by atoms with E-state index in [4.69, 9.17) is 19.3 Å². The summed E-state index contributed by atoms with van der Waals surface area (Å²) >= 11 is 0. The maximum atomic E-state index is 11.7. The van der Waals surface area contributed by atoms with Crippen molar-refractivity contribution >= 4 is 5.97 Å². The summed E-state index contributed by atoms with van der Waals surface area (Å²) in [5, 5.41) is 9.06. The average molecular weight is 268 g/mol. The number of methoxy groups -OCH3 is 1. The lowest BCUT2D eigenvalue weighted by atomic mass is 10.2. The van der Waals surface area contributed by atoms with Gasteiger partial charge in [-0.15, -0.1) is 0 Å². The molecule has 1 atom stereocenters. The number of carbonyl (C=O) groups is 1. The van der Waals surface area contributed by atoms with Crippen LogP contribution in [0.5, 0.6) is 11.5 Å². The molecule has 0 aliphatic heterocycles. The van der Waals surface area contributed by atoms with Crippen LogP contribution in [0.4, 0.5) is 0 Å². The lowest BCUT2D eigenvalue weighted by Gasteiger charge is -2.18. The quantitative estimate of drug-likeness (QED) is 0.765. The van der Waals surface area contributed by atoms with Crippen molar-refractivity contribution in [2.45, 2.75) is 33.0 Å². The number of hydrogen-bond acceptors (Lipinski definition) is 5. The van der Waals surface area contributed by atoms with Crippen molar-refractivity contribution in [1.29, 1.82) is 0 Å². The zero-order valence-corrected chi connectivity index (χ0v) is 11.5. The fourth-order valence-electron chi connectivity index (χ4n) is 1.59. The normalized spacial score (nSPS) is 11.8. The van der Waals surface area contributed by atoms with Crippen molar-refractivity contribution in [2.75, 3.05) is 13.7 Å². The van der Waals surface area contributed by atoms with Gasteiger partial charge in [0.15, 0.2) is 17.6 Å². The van der Waals surface area contributed by atoms with Crippen LogP contribution in [0.25, 0.3) is 0 Å². The maximum absolute atomic E-state index is 11.7. The van der Waals surface area contributed by atoms with E-state index in [1.807, 2.05) is 6.92 Å². The van der Waals surface area contributed by atoms with Gasteiger partial charge in [-0.2, -0.15) is 0 Å². The van der Waals surface area contributed by atoms with Crippen molar-refractivity contribution < 1.29 is 24.1 Å². The van der Waals surface area contributed by atoms with E-state index in [1.165, 1.54) is 7.11 Å². The second-order valence-corrected chi connectivity index (χ2v) is 3.91. The molecule has 0 aliphatic rings. The van der Waals surface area contributed by atoms with Gasteiger partial charge in [-0.25, -0.2) is 4.79 Å². The Kier molecular flexibility index (Phi) is 6.15. The molecule has 0 spiro atoms. The van der Waals surface area contributed by atoms with E-state index in [9.17, 15) is 4.79 Å². The van der Waals surface area contributed by atoms with E-state index in [0.717, 1.165) is 0 Å². The first kappa shape index (κ1) is 15.3. The third-order valence-electron chi connectivity index (χ3n) is 2.60. The van der Waals surface area contributed by atoms with Gasteiger partial charge in [0, 0.05) is 0 Å². The largest absolute Gasteiger partial charge is 0.493 e. The molecule has 0 saturated heterocycles. The number of hydrogen-bond donors (Lipinski definition) is 1. The second kappa shape index (κ2) is 7.63. The van der Waals surface area contributed by atoms with Crippen LogP contribution in [-0.2, 0) is 16.1 Å². The second-order valence-electron chi connectivity index (χ2n) is 3.91. The lowest BCUT2D eigenvalue weighted by molar-refractivity contribution is -0.151. The van der Waals surface area contributed by atoms with Gasteiger partial charge >= 0.3 is 5.97 Å². The molecule has 0 radical (unpaired) electrons. The number of carbonyl (C=O) groups excluding carboxylic acids is 1. The lowest BCUT2D eigenvalue weighted by Crippen LogP contribution is -2.28. The first-order valence-electron chi connectivity index (χ1n) is 6.27. The summed E-state index contributed by atoms with van der Waals surface area (Å²) in [5.41, 5.74) is 0.716. The van der Waals surface area contributed by atoms with Crippen LogP contribution in [0.1, 0.15) is 25.8 Å². The Balaban J connectivity index is 2.87. The first-order valence-corrected chi connectivity index (χ1v) is 6.27. The molecule has 0 aliphatic carbocycles. The SMILES string of the molecule is CCOC(=O)C(CC)Oc1ccc(CO)cc1OC. The minimum atomic E-state index is -0.658. The zero-order chi connectivity index (χ0) is 14.3. The van der Waals surface area contributed by atoms with E-state index < -0.39 is 12.1 Å². The number of ether oxygens (including phenoxy) is 3. The topological polar surface area (TPSA) is 65.0 Å². The Bertz CT molecular complexity index is 416. The summed E-state index contributed by atoms with van der Waals surface area (Å²) in [6, 6.07) is 5.06. The van der Waals surface area contributed by atoms with Gasteiger partial charge in [0.25, 0.3) is 0 Å². The van der Waals surface area contributed by atoms with E-state index in [0.29, 0.717) is 30.1 Å². The molecule has 0 amide bonds. The fourth-order valence-corrected chi connectivity index (χ4v) is 1.59. The van der Waals surface area contributed by atoms with Crippen LogP contribution < -0.4 is 9.47 Å². The number of rotatable bonds is 7. The van der Waals surface area contributed by atoms with Gasteiger partial charge in [-0.3, -0.25) is 0 Å². The predicted octanol–water partition coefficient (Wildman–Crippen LogP) is 1.91. The first-order chi connectivity index (χ1) is 9.15. The summed E-state index contributed by atoms with van der Waals surface area (Å²) in [5.74, 6) is 0.548. The highest BCUT2D eigenvalue weighted by Gasteiger charge is 2.21. The molecule has 1 N–H and O–H groups in total. The van der Waals surface area contributed by atoms with Crippen LogP contribution in [0.15, 0.2) is 18.2 Å². The molecule has 1 aromatic carbocycles. The molecule has 106 valence electrons. The van der Waals surface area contributed by atoms with E-state index in [1.54, 1.807) is 25.1 Å². The molecule has 0 aromatic heterocycles. The van der Waals surface area contributed by atoms with Crippen molar-refractivity contribution in [2.24, 2.45) is 0 Å². The van der Waals surface area contributed by atoms with Crippen LogP contribution in [0.3, 0.4) is 0 Å². The van der Waals surface area contributed by atoms with Crippen molar-refractivity contribution in [3.8, 4) is 11.5 Å². The average Bonchev–Trinajstić information content (AvgIpc) is 2.44. The highest BCUT2D eigenvalue weighted by Crippen LogP contribution is 2.29. The van der Waals surface area contributed by atoms with Crippen LogP contribution >= 0.6 is 0 Å². The highest BCUT2D eigenvalue weighted by atomic mass is 16.6. The van der Waals surface area contributed by atoms with E-state index in [-0.39, 0.29) is 6.61 Å². The molecule has 19 heavy (non-hydrogen) atoms. The molecule has 5 nitrogen and oxygen atoms in total. The van der Waals surface area contributed by atoms with E-state index >= 15 is 0 Å². The Hall–Kier alpha value is -1.75. The van der Waals surface area contributed by atoms with Crippen LogP contribution in [-0.4, -0.2) is 30.9 Å². The monoisotopic (exact) mass is 268 g/mol. The fraction of sp³-hybridized carbons (Fsp3) is 0.500. The van der Waals surface area contributed by atoms with Gasteiger partial charge in [-0.1, -0.05) is 13.0 Å². The molecule has 0 bridgehead atoms. The number of benzene rings is 1. The number of esters is 1.